The van der Waals surface area contributed by atoms with Gasteiger partial charge >= 0.3 is 0 Å². The van der Waals surface area contributed by atoms with Crippen molar-refractivity contribution in [1.29, 1.82) is 0 Å². The molecule has 6 aromatic carbocycles. The molecule has 2 aliphatic rings. The van der Waals surface area contributed by atoms with Gasteiger partial charge < -0.3 is 9.80 Å². The van der Waals surface area contributed by atoms with Crippen molar-refractivity contribution >= 4 is 71.0 Å². The van der Waals surface area contributed by atoms with Gasteiger partial charge in [0.1, 0.15) is 38.9 Å². The lowest BCUT2D eigenvalue weighted by Gasteiger charge is -2.43. The fourth-order valence-corrected chi connectivity index (χ4v) is 17.4. The minimum atomic E-state index is -2.23. The largest absolute Gasteiger partial charge is 0.310 e. The van der Waals surface area contributed by atoms with E-state index < -0.39 is 16.1 Å². The lowest BCUT2D eigenvalue weighted by Crippen LogP contribution is -2.58. The predicted octanol–water partition coefficient (Wildman–Crippen LogP) is 12.5. The summed E-state index contributed by atoms with van der Waals surface area (Å²) in [6.07, 6.45) is 7.03. The van der Waals surface area contributed by atoms with Crippen LogP contribution in [0.1, 0.15) is 0 Å². The van der Waals surface area contributed by atoms with E-state index in [1.165, 1.54) is 20.7 Å². The Hall–Kier alpha value is -10.0. The highest BCUT2D eigenvalue weighted by Crippen LogP contribution is 2.50. The number of nitrogens with zero attached hydrogens (tertiary/aromatic N) is 12. The first-order chi connectivity index (χ1) is 39.2. The van der Waals surface area contributed by atoms with Gasteiger partial charge in [0.15, 0.2) is 34.9 Å². The van der Waals surface area contributed by atoms with Crippen molar-refractivity contribution < 1.29 is 0 Å². The second-order valence-corrected chi connectivity index (χ2v) is 29.6. The molecule has 0 saturated carbocycles. The van der Waals surface area contributed by atoms with E-state index in [1.807, 2.05) is 72.8 Å². The van der Waals surface area contributed by atoms with Crippen molar-refractivity contribution in [2.24, 2.45) is 0 Å². The molecule has 0 saturated heterocycles. The van der Waals surface area contributed by atoms with E-state index in [-0.39, 0.29) is 0 Å². The molecule has 0 N–H and O–H groups in total. The molecule has 8 heterocycles. The van der Waals surface area contributed by atoms with Gasteiger partial charge in [0, 0.05) is 69.8 Å². The molecule has 0 radical (unpaired) electrons. The average molecular weight is 1070 g/mol. The monoisotopic (exact) mass is 1070 g/mol. The molecular weight excluding hydrogens is 1020 g/mol. The van der Waals surface area contributed by atoms with Gasteiger partial charge in [-0.15, -0.1) is 0 Å². The van der Waals surface area contributed by atoms with Crippen LogP contribution in [0.25, 0.3) is 80.0 Å². The average Bonchev–Trinajstić information content (AvgIpc) is 3.10. The second kappa shape index (κ2) is 19.5. The zero-order valence-corrected chi connectivity index (χ0v) is 46.3. The Balaban J connectivity index is 1.07. The normalized spacial score (nSPS) is 13.7. The molecule has 6 aromatic heterocycles. The number of hydrogen-bond acceptors (Lipinski definition) is 12. The number of para-hydroxylation sites is 4. The number of anilines is 6. The number of rotatable bonds is 9. The van der Waals surface area contributed by atoms with Crippen LogP contribution < -0.4 is 30.5 Å². The second-order valence-electron chi connectivity index (χ2n) is 20.9. The Labute approximate surface area is 465 Å². The Kier molecular flexibility index (Phi) is 11.8. The summed E-state index contributed by atoms with van der Waals surface area (Å²) in [5.41, 5.74) is 12.5. The standard InChI is InChI=1S/C66H50N12Si2/c1-79(2)57-29-9-5-25-51(57)77(52-26-6-10-30-58(52)79)55-41-43(61-71-63(47-21-13-17-37-67-47)75-64(72-61)48-22-14-18-38-68-48)33-35-45(55)46-36-34-44(62-73-65(49-23-15-19-39-69-49)76-66(74-62)50-24-16-20-40-70-50)42-56(46)78-53-27-7-11-31-59(53)80(3,4)60-32-12-8-28-54(60)78/h5-42H,1-4H3. The fraction of sp³-hybridized carbons (Fsp3) is 0.0606. The molecule has 382 valence electrons. The summed E-state index contributed by atoms with van der Waals surface area (Å²) < 4.78 is 0. The van der Waals surface area contributed by atoms with Crippen LogP contribution in [0, 0.1) is 0 Å². The Morgan fingerprint density at radius 2 is 0.525 bits per heavy atom. The van der Waals surface area contributed by atoms with Crippen LogP contribution in [0.5, 0.6) is 0 Å². The molecule has 12 aromatic rings. The number of hydrogen-bond donors (Lipinski definition) is 0. The summed E-state index contributed by atoms with van der Waals surface area (Å²) in [6, 6.07) is 71.9. The highest BCUT2D eigenvalue weighted by Gasteiger charge is 2.41. The molecule has 2 aliphatic heterocycles. The van der Waals surface area contributed by atoms with E-state index in [2.05, 4.69) is 169 Å². The van der Waals surface area contributed by atoms with E-state index in [1.54, 1.807) is 24.8 Å². The number of aromatic nitrogens is 10. The molecule has 80 heavy (non-hydrogen) atoms. The molecule has 0 bridgehead atoms. The lowest BCUT2D eigenvalue weighted by molar-refractivity contribution is 1.04. The van der Waals surface area contributed by atoms with Crippen molar-refractivity contribution in [1.82, 2.24) is 49.8 Å². The predicted molar refractivity (Wildman–Crippen MR) is 325 cm³/mol. The van der Waals surface area contributed by atoms with Crippen LogP contribution in [0.4, 0.5) is 34.1 Å². The number of fused-ring (bicyclic) bond motifs is 4. The summed E-state index contributed by atoms with van der Waals surface area (Å²) >= 11 is 0. The van der Waals surface area contributed by atoms with Crippen molar-refractivity contribution in [3.8, 4) is 80.0 Å². The van der Waals surface area contributed by atoms with Crippen LogP contribution in [0.15, 0.2) is 231 Å². The summed E-state index contributed by atoms with van der Waals surface area (Å²) in [5.74, 6) is 2.78. The van der Waals surface area contributed by atoms with Crippen molar-refractivity contribution in [3.05, 3.63) is 231 Å². The summed E-state index contributed by atoms with van der Waals surface area (Å²) in [5, 5.41) is 5.37. The Morgan fingerprint density at radius 1 is 0.263 bits per heavy atom. The molecule has 14 heteroatoms. The molecular formula is C66H50N12Si2. The van der Waals surface area contributed by atoms with Gasteiger partial charge in [-0.05, 0) is 106 Å². The number of pyridine rings is 4. The Morgan fingerprint density at radius 3 is 0.800 bits per heavy atom. The third-order valence-corrected chi connectivity index (χ3v) is 22.5. The molecule has 0 aliphatic carbocycles. The van der Waals surface area contributed by atoms with E-state index in [4.69, 9.17) is 49.8 Å². The zero-order chi connectivity index (χ0) is 54.0. The molecule has 0 fully saturated rings. The third kappa shape index (κ3) is 8.27. The maximum atomic E-state index is 5.20. The Bertz CT molecular complexity index is 3840. The first kappa shape index (κ1) is 48.4. The van der Waals surface area contributed by atoms with Crippen LogP contribution in [0.2, 0.25) is 26.2 Å². The highest BCUT2D eigenvalue weighted by atomic mass is 28.3. The maximum absolute atomic E-state index is 5.20. The van der Waals surface area contributed by atoms with Crippen LogP contribution >= 0.6 is 0 Å². The van der Waals surface area contributed by atoms with Gasteiger partial charge in [0.25, 0.3) is 0 Å². The SMILES string of the molecule is C[Si]1(C)c2ccccc2N(c2cc(-c3nc(-c4ccccn4)nc(-c4ccccn4)n3)ccc2-c2ccc(-c3nc(-c4ccccn4)nc(-c4ccccn4)n3)cc2N2c3ccccc3[Si](C)(C)c3ccccc32)c2ccccc21. The molecule has 0 spiro atoms. The summed E-state index contributed by atoms with van der Waals surface area (Å²) in [4.78, 5) is 54.4. The number of benzene rings is 6. The summed E-state index contributed by atoms with van der Waals surface area (Å²) in [6.45, 7) is 9.81. The first-order valence-electron chi connectivity index (χ1n) is 26.6. The van der Waals surface area contributed by atoms with Gasteiger partial charge in [-0.1, -0.05) is 148 Å². The minimum Gasteiger partial charge on any atom is -0.310 e. The summed E-state index contributed by atoms with van der Waals surface area (Å²) in [7, 11) is -4.45. The van der Waals surface area contributed by atoms with Crippen molar-refractivity contribution in [2.75, 3.05) is 9.80 Å². The minimum absolute atomic E-state index is 0.450. The van der Waals surface area contributed by atoms with Gasteiger partial charge in [0.2, 0.25) is 0 Å². The van der Waals surface area contributed by atoms with E-state index in [0.29, 0.717) is 57.7 Å². The topological polar surface area (TPSA) is 135 Å². The smallest absolute Gasteiger partial charge is 0.182 e. The van der Waals surface area contributed by atoms with Crippen molar-refractivity contribution in [2.45, 2.75) is 26.2 Å². The van der Waals surface area contributed by atoms with Crippen molar-refractivity contribution in [3.63, 3.8) is 0 Å². The van der Waals surface area contributed by atoms with Gasteiger partial charge in [0.05, 0.1) is 11.4 Å². The van der Waals surface area contributed by atoms with Crippen LogP contribution in [-0.2, 0) is 0 Å². The molecule has 0 amide bonds. The highest BCUT2D eigenvalue weighted by molar-refractivity contribution is 7.03. The molecule has 12 nitrogen and oxygen atoms in total. The van der Waals surface area contributed by atoms with Gasteiger partial charge in [-0.25, -0.2) is 29.9 Å². The van der Waals surface area contributed by atoms with Crippen LogP contribution in [-0.4, -0.2) is 66.0 Å². The quantitative estimate of drug-likeness (QED) is 0.127. The van der Waals surface area contributed by atoms with E-state index >= 15 is 0 Å². The van der Waals surface area contributed by atoms with Gasteiger partial charge in [-0.2, -0.15) is 0 Å². The molecule has 0 atom stereocenters. The maximum Gasteiger partial charge on any atom is 0.182 e. The fourth-order valence-electron chi connectivity index (χ4n) is 11.5. The van der Waals surface area contributed by atoms with Crippen LogP contribution in [0.3, 0.4) is 0 Å². The lowest BCUT2D eigenvalue weighted by atomic mass is 9.95. The van der Waals surface area contributed by atoms with E-state index in [9.17, 15) is 0 Å². The van der Waals surface area contributed by atoms with E-state index in [0.717, 1.165) is 56.4 Å². The molecule has 0 unspecified atom stereocenters. The third-order valence-electron chi connectivity index (χ3n) is 15.4. The first-order valence-corrected chi connectivity index (χ1v) is 32.6. The molecule has 14 rings (SSSR count). The van der Waals surface area contributed by atoms with Gasteiger partial charge in [-0.3, -0.25) is 19.9 Å². The zero-order valence-electron chi connectivity index (χ0n) is 44.3.